The number of benzene rings is 1. The average molecular weight is 377 g/mol. The lowest BCUT2D eigenvalue weighted by Crippen LogP contribution is -2.35. The van der Waals surface area contributed by atoms with Gasteiger partial charge in [0.25, 0.3) is 5.91 Å². The zero-order chi connectivity index (χ0) is 20.1. The van der Waals surface area contributed by atoms with E-state index in [9.17, 15) is 4.79 Å². The van der Waals surface area contributed by atoms with Gasteiger partial charge in [0.1, 0.15) is 0 Å². The number of rotatable bonds is 7. The van der Waals surface area contributed by atoms with Gasteiger partial charge in [-0.3, -0.25) is 4.79 Å². The molecular weight excluding hydrogens is 350 g/mol. The number of aromatic nitrogens is 3. The number of hydrogen-bond donors (Lipinski definition) is 1. The SMILES string of the molecule is CCN(CCNC(=O)c1ccc(-n2nc(C)cc2C)nc1)c1cccc(C)c1. The first-order chi connectivity index (χ1) is 13.5. The van der Waals surface area contributed by atoms with Gasteiger partial charge in [-0.1, -0.05) is 12.1 Å². The Labute approximate surface area is 166 Å². The number of carbonyl (C=O) groups excluding carboxylic acids is 1. The van der Waals surface area contributed by atoms with E-state index in [2.05, 4.69) is 58.4 Å². The molecule has 2 aromatic heterocycles. The van der Waals surface area contributed by atoms with Crippen molar-refractivity contribution in [3.63, 3.8) is 0 Å². The molecule has 2 heterocycles. The predicted molar refractivity (Wildman–Crippen MR) is 112 cm³/mol. The Balaban J connectivity index is 1.58. The van der Waals surface area contributed by atoms with E-state index in [0.717, 1.165) is 24.5 Å². The van der Waals surface area contributed by atoms with Gasteiger partial charge in [0.15, 0.2) is 5.82 Å². The van der Waals surface area contributed by atoms with Gasteiger partial charge >= 0.3 is 0 Å². The molecule has 28 heavy (non-hydrogen) atoms. The van der Waals surface area contributed by atoms with E-state index in [-0.39, 0.29) is 5.91 Å². The van der Waals surface area contributed by atoms with E-state index >= 15 is 0 Å². The van der Waals surface area contributed by atoms with Crippen molar-refractivity contribution in [2.75, 3.05) is 24.5 Å². The minimum atomic E-state index is -0.118. The van der Waals surface area contributed by atoms with E-state index in [1.165, 1.54) is 11.3 Å². The number of nitrogens with zero attached hydrogens (tertiary/aromatic N) is 4. The fraction of sp³-hybridized carbons (Fsp3) is 0.318. The van der Waals surface area contributed by atoms with E-state index in [0.29, 0.717) is 17.9 Å². The number of nitrogens with one attached hydrogen (secondary N) is 1. The van der Waals surface area contributed by atoms with Gasteiger partial charge < -0.3 is 10.2 Å². The number of anilines is 1. The molecule has 1 aromatic carbocycles. The average Bonchev–Trinajstić information content (AvgIpc) is 3.03. The van der Waals surface area contributed by atoms with Crippen LogP contribution < -0.4 is 10.2 Å². The molecule has 1 N–H and O–H groups in total. The van der Waals surface area contributed by atoms with E-state index in [1.807, 2.05) is 26.0 Å². The zero-order valence-electron chi connectivity index (χ0n) is 16.9. The van der Waals surface area contributed by atoms with Crippen LogP contribution in [0.4, 0.5) is 5.69 Å². The topological polar surface area (TPSA) is 63.1 Å². The molecule has 0 aliphatic rings. The highest BCUT2D eigenvalue weighted by atomic mass is 16.1. The first-order valence-corrected chi connectivity index (χ1v) is 9.57. The molecule has 0 aliphatic carbocycles. The summed E-state index contributed by atoms with van der Waals surface area (Å²) in [6, 6.07) is 14.0. The number of pyridine rings is 1. The molecule has 0 radical (unpaired) electrons. The second-order valence-electron chi connectivity index (χ2n) is 6.92. The largest absolute Gasteiger partial charge is 0.370 e. The summed E-state index contributed by atoms with van der Waals surface area (Å²) in [6.07, 6.45) is 1.60. The number of aryl methyl sites for hydroxylation is 3. The number of carbonyl (C=O) groups is 1. The first-order valence-electron chi connectivity index (χ1n) is 9.57. The van der Waals surface area contributed by atoms with Crippen LogP contribution in [-0.2, 0) is 0 Å². The molecule has 0 aliphatic heterocycles. The summed E-state index contributed by atoms with van der Waals surface area (Å²) in [4.78, 5) is 19.1. The summed E-state index contributed by atoms with van der Waals surface area (Å²) in [7, 11) is 0. The Bertz CT molecular complexity index is 946. The van der Waals surface area contributed by atoms with Crippen molar-refractivity contribution in [2.24, 2.45) is 0 Å². The molecule has 0 atom stereocenters. The summed E-state index contributed by atoms with van der Waals surface area (Å²) in [5.41, 5.74) is 4.90. The highest BCUT2D eigenvalue weighted by Gasteiger charge is 2.10. The maximum Gasteiger partial charge on any atom is 0.252 e. The van der Waals surface area contributed by atoms with Crippen LogP contribution >= 0.6 is 0 Å². The monoisotopic (exact) mass is 377 g/mol. The minimum Gasteiger partial charge on any atom is -0.370 e. The second-order valence-corrected chi connectivity index (χ2v) is 6.92. The smallest absolute Gasteiger partial charge is 0.252 e. The molecule has 6 nitrogen and oxygen atoms in total. The van der Waals surface area contributed by atoms with E-state index < -0.39 is 0 Å². The highest BCUT2D eigenvalue weighted by molar-refractivity contribution is 5.93. The van der Waals surface area contributed by atoms with Gasteiger partial charge in [0.2, 0.25) is 0 Å². The molecule has 0 spiro atoms. The van der Waals surface area contributed by atoms with Crippen molar-refractivity contribution in [3.05, 3.63) is 71.2 Å². The van der Waals surface area contributed by atoms with E-state index in [4.69, 9.17) is 0 Å². The van der Waals surface area contributed by atoms with Gasteiger partial charge in [0.05, 0.1) is 11.3 Å². The summed E-state index contributed by atoms with van der Waals surface area (Å²) in [5.74, 6) is 0.589. The number of amides is 1. The molecule has 0 unspecified atom stereocenters. The fourth-order valence-electron chi connectivity index (χ4n) is 3.21. The lowest BCUT2D eigenvalue weighted by atomic mass is 10.2. The van der Waals surface area contributed by atoms with E-state index in [1.54, 1.807) is 16.9 Å². The van der Waals surface area contributed by atoms with Crippen molar-refractivity contribution in [1.82, 2.24) is 20.1 Å². The Kier molecular flexibility index (Phi) is 6.09. The van der Waals surface area contributed by atoms with Crippen LogP contribution in [0.1, 0.15) is 34.2 Å². The Morgan fingerprint density at radius 2 is 1.96 bits per heavy atom. The standard InChI is InChI=1S/C22H27N5O/c1-5-26(20-8-6-7-16(2)13-20)12-11-23-22(28)19-9-10-21(24-15-19)27-18(4)14-17(3)25-27/h6-10,13-15H,5,11-12H2,1-4H3,(H,23,28). The van der Waals surface area contributed by atoms with Crippen LogP contribution in [0.3, 0.4) is 0 Å². The molecule has 146 valence electrons. The maximum atomic E-state index is 12.4. The molecule has 6 heteroatoms. The van der Waals surface area contributed by atoms with Crippen LogP contribution in [-0.4, -0.2) is 40.3 Å². The number of likely N-dealkylation sites (N-methyl/N-ethyl adjacent to an activating group) is 1. The van der Waals surface area contributed by atoms with Gasteiger partial charge in [-0.05, 0) is 63.6 Å². The summed E-state index contributed by atoms with van der Waals surface area (Å²) < 4.78 is 1.78. The lowest BCUT2D eigenvalue weighted by molar-refractivity contribution is 0.0954. The third kappa shape index (κ3) is 4.57. The molecule has 0 bridgehead atoms. The van der Waals surface area contributed by atoms with Crippen LogP contribution in [0.15, 0.2) is 48.7 Å². The minimum absolute atomic E-state index is 0.118. The van der Waals surface area contributed by atoms with Crippen LogP contribution in [0, 0.1) is 20.8 Å². The van der Waals surface area contributed by atoms with Crippen molar-refractivity contribution in [3.8, 4) is 5.82 Å². The molecule has 3 rings (SSSR count). The Morgan fingerprint density at radius 1 is 1.14 bits per heavy atom. The Hall–Kier alpha value is -3.15. The fourth-order valence-corrected chi connectivity index (χ4v) is 3.21. The predicted octanol–water partition coefficient (Wildman–Crippen LogP) is 3.45. The number of hydrogen-bond acceptors (Lipinski definition) is 4. The maximum absolute atomic E-state index is 12.4. The van der Waals surface area contributed by atoms with Gasteiger partial charge in [-0.15, -0.1) is 0 Å². The summed E-state index contributed by atoms with van der Waals surface area (Å²) in [6.45, 7) is 10.3. The van der Waals surface area contributed by atoms with Gasteiger partial charge in [0, 0.05) is 37.2 Å². The molecule has 0 saturated heterocycles. The second kappa shape index (κ2) is 8.69. The first kappa shape index (κ1) is 19.6. The van der Waals surface area contributed by atoms with Crippen molar-refractivity contribution >= 4 is 11.6 Å². The highest BCUT2D eigenvalue weighted by Crippen LogP contribution is 2.15. The van der Waals surface area contributed by atoms with Gasteiger partial charge in [-0.2, -0.15) is 5.10 Å². The third-order valence-corrected chi connectivity index (χ3v) is 4.65. The third-order valence-electron chi connectivity index (χ3n) is 4.65. The molecule has 0 fully saturated rings. The van der Waals surface area contributed by atoms with Crippen LogP contribution in [0.5, 0.6) is 0 Å². The lowest BCUT2D eigenvalue weighted by Gasteiger charge is -2.23. The zero-order valence-corrected chi connectivity index (χ0v) is 16.9. The van der Waals surface area contributed by atoms with Crippen molar-refractivity contribution in [1.29, 1.82) is 0 Å². The van der Waals surface area contributed by atoms with Crippen LogP contribution in [0.25, 0.3) is 5.82 Å². The van der Waals surface area contributed by atoms with Gasteiger partial charge in [-0.25, -0.2) is 9.67 Å². The molecule has 1 amide bonds. The molecule has 3 aromatic rings. The molecular formula is C22H27N5O. The Morgan fingerprint density at radius 3 is 2.57 bits per heavy atom. The summed E-state index contributed by atoms with van der Waals surface area (Å²) in [5, 5.41) is 7.40. The van der Waals surface area contributed by atoms with Crippen LogP contribution in [0.2, 0.25) is 0 Å². The van der Waals surface area contributed by atoms with Crippen molar-refractivity contribution in [2.45, 2.75) is 27.7 Å². The normalized spacial score (nSPS) is 10.7. The van der Waals surface area contributed by atoms with Crippen molar-refractivity contribution < 1.29 is 4.79 Å². The quantitative estimate of drug-likeness (QED) is 0.685. The summed E-state index contributed by atoms with van der Waals surface area (Å²) >= 11 is 0. The molecule has 0 saturated carbocycles.